The molecule has 0 saturated heterocycles. The summed E-state index contributed by atoms with van der Waals surface area (Å²) in [5.74, 6) is 0.831. The van der Waals surface area contributed by atoms with E-state index in [0.717, 1.165) is 11.1 Å². The summed E-state index contributed by atoms with van der Waals surface area (Å²) < 4.78 is 6.62. The van der Waals surface area contributed by atoms with Crippen molar-refractivity contribution in [1.29, 1.82) is 0 Å². The first-order valence-corrected chi connectivity index (χ1v) is 10.8. The first-order chi connectivity index (χ1) is 15.9. The molecule has 0 saturated carbocycles. The Morgan fingerprint density at radius 3 is 2.52 bits per heavy atom. The average Bonchev–Trinajstić information content (AvgIpc) is 3.24. The van der Waals surface area contributed by atoms with Gasteiger partial charge in [-0.05, 0) is 30.2 Å². The zero-order valence-corrected chi connectivity index (χ0v) is 19.2. The molecule has 4 aromatic rings. The van der Waals surface area contributed by atoms with Crippen LogP contribution in [-0.4, -0.2) is 32.6 Å². The van der Waals surface area contributed by atoms with Crippen LogP contribution in [0.4, 0.5) is 5.95 Å². The second-order valence-electron chi connectivity index (χ2n) is 8.26. The molecule has 0 radical (unpaired) electrons. The highest BCUT2D eigenvalue weighted by Gasteiger charge is 2.24. The third-order valence-corrected chi connectivity index (χ3v) is 5.50. The minimum absolute atomic E-state index is 0.119. The number of ether oxygens (including phenoxy) is 1. The highest BCUT2D eigenvalue weighted by molar-refractivity contribution is 5.93. The van der Waals surface area contributed by atoms with E-state index < -0.39 is 0 Å². The number of nitrogens with zero attached hydrogens (tertiary/aromatic N) is 4. The maximum absolute atomic E-state index is 13.3. The van der Waals surface area contributed by atoms with Crippen molar-refractivity contribution in [1.82, 2.24) is 19.6 Å². The molecule has 2 aromatic heterocycles. The highest BCUT2D eigenvalue weighted by atomic mass is 16.5. The molecule has 8 nitrogen and oxygen atoms in total. The van der Waals surface area contributed by atoms with Crippen LogP contribution in [0.25, 0.3) is 5.78 Å². The number of H-pyrrole nitrogens is 1. The van der Waals surface area contributed by atoms with E-state index in [-0.39, 0.29) is 35.7 Å². The largest absolute Gasteiger partial charge is 0.497 e. The van der Waals surface area contributed by atoms with Crippen LogP contribution in [-0.2, 0) is 17.8 Å². The van der Waals surface area contributed by atoms with E-state index in [1.54, 1.807) is 18.9 Å². The molecule has 4 rings (SSSR count). The molecule has 1 N–H and O–H groups in total. The zero-order chi connectivity index (χ0) is 23.5. The van der Waals surface area contributed by atoms with Gasteiger partial charge in [0.15, 0.2) is 0 Å². The Bertz CT molecular complexity index is 1340. The lowest BCUT2D eigenvalue weighted by Crippen LogP contribution is -2.34. The van der Waals surface area contributed by atoms with Crippen LogP contribution in [0.1, 0.15) is 36.2 Å². The normalized spacial score (nSPS) is 11.2. The Balaban J connectivity index is 1.75. The number of rotatable bonds is 7. The van der Waals surface area contributed by atoms with Gasteiger partial charge in [0.2, 0.25) is 11.9 Å². The molecule has 2 heterocycles. The van der Waals surface area contributed by atoms with E-state index in [0.29, 0.717) is 23.4 Å². The number of fused-ring (bicyclic) bond motifs is 1. The van der Waals surface area contributed by atoms with E-state index in [1.807, 2.05) is 68.4 Å². The van der Waals surface area contributed by atoms with Crippen molar-refractivity contribution in [3.05, 3.63) is 87.3 Å². The quantitative estimate of drug-likeness (QED) is 0.470. The van der Waals surface area contributed by atoms with E-state index in [1.165, 1.54) is 4.52 Å². The molecule has 0 spiro atoms. The first-order valence-electron chi connectivity index (χ1n) is 10.8. The average molecular weight is 446 g/mol. The summed E-state index contributed by atoms with van der Waals surface area (Å²) in [5, 5.41) is 3.01. The summed E-state index contributed by atoms with van der Waals surface area (Å²) in [4.78, 5) is 36.9. The molecule has 2 aromatic carbocycles. The number of methoxy groups -OCH3 is 1. The molecular formula is C25H27N5O3. The van der Waals surface area contributed by atoms with Crippen molar-refractivity contribution in [2.75, 3.05) is 12.0 Å². The summed E-state index contributed by atoms with van der Waals surface area (Å²) in [6.45, 7) is 5.74. The smallest absolute Gasteiger partial charge is 0.277 e. The summed E-state index contributed by atoms with van der Waals surface area (Å²) in [6.07, 6.45) is 0.467. The Kier molecular flexibility index (Phi) is 6.26. The summed E-state index contributed by atoms with van der Waals surface area (Å²) >= 11 is 0. The molecule has 33 heavy (non-hydrogen) atoms. The Morgan fingerprint density at radius 1 is 1.09 bits per heavy atom. The van der Waals surface area contributed by atoms with Crippen molar-refractivity contribution in [2.24, 2.45) is 5.92 Å². The fraction of sp³-hybridized carbons (Fsp3) is 0.280. The number of carbonyl (C=O) groups excluding carboxylic acids is 1. The number of amides is 1. The van der Waals surface area contributed by atoms with E-state index in [2.05, 4.69) is 15.1 Å². The zero-order valence-electron chi connectivity index (χ0n) is 19.2. The molecule has 0 aliphatic rings. The SMILES string of the molecule is COc1cccc(CN(C(=O)C(C)C)c2nc3nc(C)c(Cc4ccccc4)c(=O)n3[nH]2)c1. The first kappa shape index (κ1) is 22.3. The molecule has 0 atom stereocenters. The number of aryl methyl sites for hydroxylation is 1. The van der Waals surface area contributed by atoms with Crippen molar-refractivity contribution in [3.8, 4) is 5.75 Å². The topological polar surface area (TPSA) is 92.6 Å². The molecule has 0 fully saturated rings. The van der Waals surface area contributed by atoms with Crippen molar-refractivity contribution in [3.63, 3.8) is 0 Å². The second-order valence-corrected chi connectivity index (χ2v) is 8.26. The van der Waals surface area contributed by atoms with Crippen LogP contribution in [0.2, 0.25) is 0 Å². The number of hydrogen-bond acceptors (Lipinski definition) is 5. The minimum Gasteiger partial charge on any atom is -0.497 e. The van der Waals surface area contributed by atoms with Crippen molar-refractivity contribution >= 4 is 17.6 Å². The van der Waals surface area contributed by atoms with Gasteiger partial charge in [-0.3, -0.25) is 19.6 Å². The molecule has 0 aliphatic heterocycles. The summed E-state index contributed by atoms with van der Waals surface area (Å²) in [5.41, 5.74) is 2.89. The lowest BCUT2D eigenvalue weighted by atomic mass is 10.1. The third-order valence-electron chi connectivity index (χ3n) is 5.50. The predicted molar refractivity (Wildman–Crippen MR) is 127 cm³/mol. The Hall–Kier alpha value is -3.94. The van der Waals surface area contributed by atoms with Crippen LogP contribution >= 0.6 is 0 Å². The van der Waals surface area contributed by atoms with Crippen molar-refractivity contribution < 1.29 is 9.53 Å². The van der Waals surface area contributed by atoms with Gasteiger partial charge in [0, 0.05) is 17.9 Å². The lowest BCUT2D eigenvalue weighted by molar-refractivity contribution is -0.121. The van der Waals surface area contributed by atoms with Crippen LogP contribution in [0.15, 0.2) is 59.4 Å². The van der Waals surface area contributed by atoms with Gasteiger partial charge in [-0.25, -0.2) is 4.98 Å². The Labute approximate surface area is 191 Å². The molecular weight excluding hydrogens is 418 g/mol. The van der Waals surface area contributed by atoms with E-state index in [4.69, 9.17) is 4.74 Å². The molecule has 0 bridgehead atoms. The molecule has 170 valence electrons. The van der Waals surface area contributed by atoms with Gasteiger partial charge in [-0.15, -0.1) is 0 Å². The second kappa shape index (κ2) is 9.28. The van der Waals surface area contributed by atoms with Gasteiger partial charge in [0.1, 0.15) is 5.75 Å². The number of nitrogens with one attached hydrogen (secondary N) is 1. The van der Waals surface area contributed by atoms with Crippen LogP contribution < -0.4 is 15.2 Å². The van der Waals surface area contributed by atoms with Gasteiger partial charge < -0.3 is 4.74 Å². The molecule has 0 aliphatic carbocycles. The summed E-state index contributed by atoms with van der Waals surface area (Å²) in [6, 6.07) is 17.3. The van der Waals surface area contributed by atoms with Gasteiger partial charge in [-0.2, -0.15) is 9.50 Å². The standard InChI is InChI=1S/C25H27N5O3/c1-16(2)22(31)29(15-19-11-8-12-20(13-19)33-4)25-27-24-26-17(3)21(23(32)30(24)28-25)14-18-9-6-5-7-10-18/h5-13,16H,14-15H2,1-4H3,(H,26,27,28). The monoisotopic (exact) mass is 445 g/mol. The van der Waals surface area contributed by atoms with E-state index >= 15 is 0 Å². The van der Waals surface area contributed by atoms with Gasteiger partial charge in [-0.1, -0.05) is 56.3 Å². The number of carbonyl (C=O) groups is 1. The molecule has 1 amide bonds. The highest BCUT2D eigenvalue weighted by Crippen LogP contribution is 2.20. The number of hydrogen-bond donors (Lipinski definition) is 1. The van der Waals surface area contributed by atoms with Crippen LogP contribution in [0.5, 0.6) is 5.75 Å². The fourth-order valence-corrected chi connectivity index (χ4v) is 3.69. The van der Waals surface area contributed by atoms with Gasteiger partial charge >= 0.3 is 0 Å². The fourth-order valence-electron chi connectivity index (χ4n) is 3.69. The number of anilines is 1. The maximum Gasteiger partial charge on any atom is 0.277 e. The molecule has 0 unspecified atom stereocenters. The van der Waals surface area contributed by atoms with Gasteiger partial charge in [0.25, 0.3) is 11.3 Å². The number of aromatic amines is 1. The maximum atomic E-state index is 13.3. The van der Waals surface area contributed by atoms with E-state index in [9.17, 15) is 9.59 Å². The predicted octanol–water partition coefficient (Wildman–Crippen LogP) is 3.51. The number of aromatic nitrogens is 4. The van der Waals surface area contributed by atoms with Crippen molar-refractivity contribution in [2.45, 2.75) is 33.7 Å². The Morgan fingerprint density at radius 2 is 1.82 bits per heavy atom. The van der Waals surface area contributed by atoms with Crippen LogP contribution in [0, 0.1) is 12.8 Å². The molecule has 8 heteroatoms. The minimum atomic E-state index is -0.260. The summed E-state index contributed by atoms with van der Waals surface area (Å²) in [7, 11) is 1.60. The van der Waals surface area contributed by atoms with Crippen LogP contribution in [0.3, 0.4) is 0 Å². The number of benzene rings is 2. The third kappa shape index (κ3) is 4.64. The van der Waals surface area contributed by atoms with Gasteiger partial charge in [0.05, 0.1) is 19.3 Å². The lowest BCUT2D eigenvalue weighted by Gasteiger charge is -2.22.